The van der Waals surface area contributed by atoms with Gasteiger partial charge in [0.25, 0.3) is 0 Å². The molecular formula is C30H31FN2O3. The number of halogens is 1. The molecule has 0 amide bonds. The number of hydrogen-bond acceptors (Lipinski definition) is 3. The number of rotatable bonds is 12. The van der Waals surface area contributed by atoms with Gasteiger partial charge in [-0.05, 0) is 25.0 Å². The van der Waals surface area contributed by atoms with E-state index in [0.29, 0.717) is 24.7 Å². The van der Waals surface area contributed by atoms with E-state index in [2.05, 4.69) is 0 Å². The third kappa shape index (κ3) is 6.00. The van der Waals surface area contributed by atoms with Crippen LogP contribution in [-0.4, -0.2) is 27.2 Å². The van der Waals surface area contributed by atoms with Gasteiger partial charge in [0.15, 0.2) is 0 Å². The minimum absolute atomic E-state index is 0.317. The predicted octanol–water partition coefficient (Wildman–Crippen LogP) is 7.40. The van der Waals surface area contributed by atoms with Crippen LogP contribution in [0.3, 0.4) is 0 Å². The summed E-state index contributed by atoms with van der Waals surface area (Å²) in [6, 6.07) is 26.7. The van der Waals surface area contributed by atoms with Gasteiger partial charge >= 0.3 is 12.0 Å². The number of aromatic nitrogens is 2. The first-order valence-corrected chi connectivity index (χ1v) is 12.4. The highest BCUT2D eigenvalue weighted by Crippen LogP contribution is 2.38. The number of hydrogen-bond donors (Lipinski definition) is 1. The molecule has 186 valence electrons. The fraction of sp³-hybridized carbons (Fsp3) is 0.267. The first kappa shape index (κ1) is 25.2. The summed E-state index contributed by atoms with van der Waals surface area (Å²) in [6.07, 6.45) is 4.20. The third-order valence-electron chi connectivity index (χ3n) is 6.22. The Bertz CT molecular complexity index is 1270. The molecule has 0 saturated heterocycles. The molecule has 0 fully saturated rings. The predicted molar refractivity (Wildman–Crippen MR) is 140 cm³/mol. The van der Waals surface area contributed by atoms with E-state index in [4.69, 9.17) is 14.8 Å². The molecule has 1 unspecified atom stereocenters. The van der Waals surface area contributed by atoms with Crippen LogP contribution in [-0.2, 0) is 4.79 Å². The van der Waals surface area contributed by atoms with Crippen LogP contribution in [0.4, 0.5) is 4.39 Å². The molecule has 0 spiro atoms. The molecule has 4 aromatic rings. The Kier molecular flexibility index (Phi) is 8.50. The molecule has 1 heterocycles. The van der Waals surface area contributed by atoms with Crippen molar-refractivity contribution in [2.24, 2.45) is 5.92 Å². The summed E-state index contributed by atoms with van der Waals surface area (Å²) >= 11 is 0. The lowest BCUT2D eigenvalue weighted by Gasteiger charge is -2.14. The molecule has 36 heavy (non-hydrogen) atoms. The number of carbonyl (C=O) groups is 1. The summed E-state index contributed by atoms with van der Waals surface area (Å²) in [5, 5.41) is 9.02. The molecule has 0 aliphatic heterocycles. The highest BCUT2D eigenvalue weighted by atomic mass is 19.1. The Labute approximate surface area is 211 Å². The van der Waals surface area contributed by atoms with Crippen molar-refractivity contribution < 1.29 is 19.0 Å². The lowest BCUT2D eigenvalue weighted by atomic mass is 10.0. The topological polar surface area (TPSA) is 64.4 Å². The maximum absolute atomic E-state index is 15.1. The fourth-order valence-corrected chi connectivity index (χ4v) is 4.21. The number of nitrogens with zero attached hydrogens (tertiary/aromatic N) is 2. The standard InChI is InChI=1S/C30H31FN2O3/c1-22(29(34)35)14-6-2-3-13-21-36-30-32-27(23-15-7-4-8-16-23)28(24-17-9-5-10-18-24)33(30)26-20-12-11-19-25(26)31/h4-5,7-12,15-20,22H,2-3,6,13-14,21H2,1H3,(H,34,35). The van der Waals surface area contributed by atoms with Crippen molar-refractivity contribution in [3.05, 3.63) is 90.7 Å². The van der Waals surface area contributed by atoms with Gasteiger partial charge in [-0.15, -0.1) is 0 Å². The molecule has 0 radical (unpaired) electrons. The first-order valence-electron chi connectivity index (χ1n) is 12.4. The van der Waals surface area contributed by atoms with E-state index in [1.54, 1.807) is 29.7 Å². The molecule has 0 bridgehead atoms. The van der Waals surface area contributed by atoms with Gasteiger partial charge in [0.2, 0.25) is 0 Å². The number of carboxylic acid groups (broad SMARTS) is 1. The average molecular weight is 487 g/mol. The molecule has 0 saturated carbocycles. The van der Waals surface area contributed by atoms with Gasteiger partial charge in [-0.25, -0.2) is 4.39 Å². The van der Waals surface area contributed by atoms with Gasteiger partial charge in [0.1, 0.15) is 11.5 Å². The van der Waals surface area contributed by atoms with E-state index >= 15 is 4.39 Å². The van der Waals surface area contributed by atoms with E-state index in [9.17, 15) is 4.79 Å². The van der Waals surface area contributed by atoms with Crippen LogP contribution < -0.4 is 4.74 Å². The van der Waals surface area contributed by atoms with Crippen molar-refractivity contribution in [3.8, 4) is 34.2 Å². The number of para-hydroxylation sites is 1. The lowest BCUT2D eigenvalue weighted by molar-refractivity contribution is -0.141. The van der Waals surface area contributed by atoms with Gasteiger partial charge in [-0.2, -0.15) is 4.98 Å². The van der Waals surface area contributed by atoms with Crippen LogP contribution in [0.1, 0.15) is 39.0 Å². The number of carboxylic acids is 1. The third-order valence-corrected chi connectivity index (χ3v) is 6.22. The minimum atomic E-state index is -0.748. The van der Waals surface area contributed by atoms with Gasteiger partial charge < -0.3 is 9.84 Å². The molecule has 4 rings (SSSR count). The van der Waals surface area contributed by atoms with E-state index in [-0.39, 0.29) is 11.7 Å². The quantitative estimate of drug-likeness (QED) is 0.212. The molecule has 1 N–H and O–H groups in total. The SMILES string of the molecule is CC(CCCCCCOc1nc(-c2ccccc2)c(-c2ccccc2)n1-c1ccccc1F)C(=O)O. The number of imidazole rings is 1. The minimum Gasteiger partial charge on any atom is -0.481 e. The Morgan fingerprint density at radius 2 is 1.50 bits per heavy atom. The number of aliphatic carboxylic acids is 1. The summed E-state index contributed by atoms with van der Waals surface area (Å²) < 4.78 is 23.0. The molecular weight excluding hydrogens is 455 g/mol. The van der Waals surface area contributed by atoms with Crippen LogP contribution in [0, 0.1) is 11.7 Å². The first-order chi connectivity index (χ1) is 17.6. The van der Waals surface area contributed by atoms with Gasteiger partial charge in [0.05, 0.1) is 23.9 Å². The second-order valence-corrected chi connectivity index (χ2v) is 8.90. The summed E-state index contributed by atoms with van der Waals surface area (Å²) in [5.74, 6) is -1.42. The summed E-state index contributed by atoms with van der Waals surface area (Å²) in [4.78, 5) is 15.8. The van der Waals surface area contributed by atoms with Gasteiger partial charge in [-0.1, -0.05) is 99.0 Å². The largest absolute Gasteiger partial charge is 0.481 e. The van der Waals surface area contributed by atoms with E-state index in [0.717, 1.165) is 48.2 Å². The fourth-order valence-electron chi connectivity index (χ4n) is 4.21. The second kappa shape index (κ2) is 12.2. The smallest absolute Gasteiger partial charge is 0.306 e. The molecule has 5 nitrogen and oxygen atoms in total. The van der Waals surface area contributed by atoms with Crippen molar-refractivity contribution in [2.75, 3.05) is 6.61 Å². The van der Waals surface area contributed by atoms with E-state index in [1.165, 1.54) is 6.07 Å². The molecule has 0 aliphatic carbocycles. The monoisotopic (exact) mass is 486 g/mol. The summed E-state index contributed by atoms with van der Waals surface area (Å²) in [5.41, 5.74) is 3.70. The van der Waals surface area contributed by atoms with Crippen LogP contribution in [0.25, 0.3) is 28.2 Å². The highest BCUT2D eigenvalue weighted by molar-refractivity contribution is 5.81. The summed E-state index contributed by atoms with van der Waals surface area (Å²) in [7, 11) is 0. The Balaban J connectivity index is 1.62. The van der Waals surface area contributed by atoms with Crippen LogP contribution in [0.2, 0.25) is 0 Å². The second-order valence-electron chi connectivity index (χ2n) is 8.90. The zero-order chi connectivity index (χ0) is 25.3. The van der Waals surface area contributed by atoms with Crippen molar-refractivity contribution in [1.82, 2.24) is 9.55 Å². The maximum Gasteiger partial charge on any atom is 0.306 e. The maximum atomic E-state index is 15.1. The van der Waals surface area contributed by atoms with E-state index < -0.39 is 5.97 Å². The van der Waals surface area contributed by atoms with E-state index in [1.807, 2.05) is 60.7 Å². The van der Waals surface area contributed by atoms with Gasteiger partial charge in [-0.3, -0.25) is 9.36 Å². The molecule has 1 aromatic heterocycles. The number of ether oxygens (including phenoxy) is 1. The highest BCUT2D eigenvalue weighted by Gasteiger charge is 2.24. The van der Waals surface area contributed by atoms with Crippen molar-refractivity contribution in [3.63, 3.8) is 0 Å². The average Bonchev–Trinajstić information content (AvgIpc) is 3.28. The Morgan fingerprint density at radius 3 is 2.17 bits per heavy atom. The molecule has 0 aliphatic rings. The number of unbranched alkanes of at least 4 members (excludes halogenated alkanes) is 3. The van der Waals surface area contributed by atoms with Crippen molar-refractivity contribution in [1.29, 1.82) is 0 Å². The Hall–Kier alpha value is -3.93. The molecule has 6 heteroatoms. The zero-order valence-corrected chi connectivity index (χ0v) is 20.4. The van der Waals surface area contributed by atoms with Crippen LogP contribution in [0.15, 0.2) is 84.9 Å². The molecule has 3 aromatic carbocycles. The van der Waals surface area contributed by atoms with Crippen LogP contribution >= 0.6 is 0 Å². The summed E-state index contributed by atoms with van der Waals surface area (Å²) in [6.45, 7) is 2.17. The van der Waals surface area contributed by atoms with Crippen LogP contribution in [0.5, 0.6) is 6.01 Å². The Morgan fingerprint density at radius 1 is 0.889 bits per heavy atom. The zero-order valence-electron chi connectivity index (χ0n) is 20.4. The van der Waals surface area contributed by atoms with Crippen molar-refractivity contribution >= 4 is 5.97 Å². The van der Waals surface area contributed by atoms with Crippen molar-refractivity contribution in [2.45, 2.75) is 39.0 Å². The number of benzene rings is 3. The van der Waals surface area contributed by atoms with Gasteiger partial charge in [0, 0.05) is 11.1 Å². The normalized spacial score (nSPS) is 11.8. The lowest BCUT2D eigenvalue weighted by Crippen LogP contribution is -2.09. The molecule has 1 atom stereocenters.